The van der Waals surface area contributed by atoms with Crippen molar-refractivity contribution >= 4 is 23.2 Å². The van der Waals surface area contributed by atoms with Gasteiger partial charge in [0.15, 0.2) is 0 Å². The molecule has 0 saturated carbocycles. The summed E-state index contributed by atoms with van der Waals surface area (Å²) in [5.74, 6) is 3.90. The minimum Gasteiger partial charge on any atom is -0.460 e. The number of ether oxygens (including phenoxy) is 3. The Labute approximate surface area is 180 Å². The van der Waals surface area contributed by atoms with Gasteiger partial charge in [0.05, 0.1) is 5.69 Å². The Morgan fingerprint density at radius 2 is 1.38 bits per heavy atom. The van der Waals surface area contributed by atoms with Crippen molar-refractivity contribution < 1.29 is 14.2 Å². The molecule has 0 radical (unpaired) electrons. The number of nitrogens with zero attached hydrogens (tertiary/aromatic N) is 2. The van der Waals surface area contributed by atoms with E-state index in [1.807, 2.05) is 38.2 Å². The van der Waals surface area contributed by atoms with Crippen molar-refractivity contribution in [2.45, 2.75) is 27.2 Å². The molecule has 0 amide bonds. The van der Waals surface area contributed by atoms with Gasteiger partial charge in [-0.15, -0.1) is 0 Å². The van der Waals surface area contributed by atoms with E-state index in [9.17, 15) is 0 Å². The Kier molecular flexibility index (Phi) is 6.72. The summed E-state index contributed by atoms with van der Waals surface area (Å²) in [5, 5.41) is 4.47. The normalized spacial score (nSPS) is 10.6. The van der Waals surface area contributed by atoms with Crippen LogP contribution in [0.2, 0.25) is 0 Å². The number of aryl methyl sites for hydroxylation is 2. The van der Waals surface area contributed by atoms with Gasteiger partial charge < -0.3 is 14.2 Å². The molecule has 0 aliphatic rings. The van der Waals surface area contributed by atoms with Gasteiger partial charge in [-0.05, 0) is 68.8 Å². The number of hydrogen-bond acceptors (Lipinski definition) is 4. The van der Waals surface area contributed by atoms with Crippen LogP contribution in [0.3, 0.4) is 0 Å². The van der Waals surface area contributed by atoms with Gasteiger partial charge in [-0.2, -0.15) is 5.10 Å². The predicted octanol–water partition coefficient (Wildman–Crippen LogP) is 6.92. The van der Waals surface area contributed by atoms with Crippen LogP contribution in [0.5, 0.6) is 28.9 Å². The van der Waals surface area contributed by atoms with Gasteiger partial charge in [0.25, 0.3) is 0 Å². The summed E-state index contributed by atoms with van der Waals surface area (Å²) in [6.45, 7) is 5.79. The van der Waals surface area contributed by atoms with Crippen molar-refractivity contribution in [1.29, 1.82) is 0 Å². The third-order valence-corrected chi connectivity index (χ3v) is 4.82. The Bertz CT molecular complexity index is 1010. The number of hydrogen-bond donors (Lipinski definition) is 0. The SMILES string of the molecule is CCc1nn(C)c(Oc2ccc(Oc3ccc(OC(C)=C(Cl)Cl)cc3)cc2)c1C. The largest absolute Gasteiger partial charge is 0.460 e. The molecule has 0 fully saturated rings. The second-order valence-electron chi connectivity index (χ2n) is 6.42. The van der Waals surface area contributed by atoms with E-state index in [0.717, 1.165) is 29.3 Å². The molecule has 0 aliphatic heterocycles. The van der Waals surface area contributed by atoms with Gasteiger partial charge in [-0.3, -0.25) is 0 Å². The molecule has 3 rings (SSSR count). The highest BCUT2D eigenvalue weighted by Gasteiger charge is 2.13. The second-order valence-corrected chi connectivity index (χ2v) is 7.37. The molecule has 7 heteroatoms. The quantitative estimate of drug-likeness (QED) is 0.380. The van der Waals surface area contributed by atoms with E-state index in [0.29, 0.717) is 23.0 Å². The van der Waals surface area contributed by atoms with Crippen LogP contribution in [-0.2, 0) is 13.5 Å². The molecule has 0 aliphatic carbocycles. The van der Waals surface area contributed by atoms with E-state index in [2.05, 4.69) is 12.0 Å². The smallest absolute Gasteiger partial charge is 0.220 e. The third kappa shape index (κ3) is 5.25. The zero-order valence-electron chi connectivity index (χ0n) is 16.7. The standard InChI is InChI=1S/C22H22Cl2N2O3/c1-5-20-14(2)22(26(4)25-20)29-19-12-10-18(11-13-19)28-17-8-6-16(7-9-17)27-15(3)21(23)24/h6-13H,5H2,1-4H3. The van der Waals surface area contributed by atoms with Crippen LogP contribution in [0, 0.1) is 6.92 Å². The molecule has 3 aromatic rings. The lowest BCUT2D eigenvalue weighted by atomic mass is 10.2. The average Bonchev–Trinajstić information content (AvgIpc) is 2.98. The fraction of sp³-hybridized carbons (Fsp3) is 0.227. The first-order valence-electron chi connectivity index (χ1n) is 9.15. The molecule has 0 bridgehead atoms. The van der Waals surface area contributed by atoms with Crippen LogP contribution in [-0.4, -0.2) is 9.78 Å². The summed E-state index contributed by atoms with van der Waals surface area (Å²) < 4.78 is 19.2. The molecule has 0 spiro atoms. The van der Waals surface area contributed by atoms with Crippen molar-refractivity contribution in [3.63, 3.8) is 0 Å². The summed E-state index contributed by atoms with van der Waals surface area (Å²) in [6, 6.07) is 14.6. The molecule has 0 atom stereocenters. The first-order valence-corrected chi connectivity index (χ1v) is 9.91. The van der Waals surface area contributed by atoms with E-state index in [1.165, 1.54) is 0 Å². The van der Waals surface area contributed by atoms with Crippen LogP contribution in [0.15, 0.2) is 58.8 Å². The molecule has 29 heavy (non-hydrogen) atoms. The second kappa shape index (κ2) is 9.25. The lowest BCUT2D eigenvalue weighted by Gasteiger charge is -2.10. The molecule has 2 aromatic carbocycles. The van der Waals surface area contributed by atoms with Crippen molar-refractivity contribution in [2.75, 3.05) is 0 Å². The third-order valence-electron chi connectivity index (χ3n) is 4.29. The van der Waals surface area contributed by atoms with E-state index >= 15 is 0 Å². The van der Waals surface area contributed by atoms with Gasteiger partial charge in [0.1, 0.15) is 33.2 Å². The van der Waals surface area contributed by atoms with Gasteiger partial charge in [-0.25, -0.2) is 4.68 Å². The van der Waals surface area contributed by atoms with E-state index in [1.54, 1.807) is 35.9 Å². The Morgan fingerprint density at radius 1 is 0.897 bits per heavy atom. The van der Waals surface area contributed by atoms with Crippen LogP contribution in [0.1, 0.15) is 25.1 Å². The molecular weight excluding hydrogens is 411 g/mol. The molecule has 152 valence electrons. The lowest BCUT2D eigenvalue weighted by Crippen LogP contribution is -1.96. The summed E-state index contributed by atoms with van der Waals surface area (Å²) in [4.78, 5) is 0. The van der Waals surface area contributed by atoms with Crippen LogP contribution >= 0.6 is 23.2 Å². The molecule has 0 N–H and O–H groups in total. The topological polar surface area (TPSA) is 45.5 Å². The fourth-order valence-electron chi connectivity index (χ4n) is 2.76. The zero-order chi connectivity index (χ0) is 21.0. The minimum atomic E-state index is 0.0971. The Hall–Kier alpha value is -2.63. The fourth-order valence-corrected chi connectivity index (χ4v) is 2.84. The van der Waals surface area contributed by atoms with Crippen molar-refractivity contribution in [2.24, 2.45) is 7.05 Å². The van der Waals surface area contributed by atoms with Crippen molar-refractivity contribution in [3.05, 3.63) is 70.0 Å². The number of aromatic nitrogens is 2. The number of benzene rings is 2. The molecule has 1 heterocycles. The highest BCUT2D eigenvalue weighted by molar-refractivity contribution is 6.56. The van der Waals surface area contributed by atoms with Gasteiger partial charge >= 0.3 is 0 Å². The van der Waals surface area contributed by atoms with E-state index in [4.69, 9.17) is 37.4 Å². The first kappa shape index (κ1) is 21.1. The maximum absolute atomic E-state index is 6.00. The van der Waals surface area contributed by atoms with Gasteiger partial charge in [-0.1, -0.05) is 30.1 Å². The molecule has 5 nitrogen and oxygen atoms in total. The number of rotatable bonds is 7. The number of halogens is 2. The van der Waals surface area contributed by atoms with E-state index in [-0.39, 0.29) is 4.49 Å². The summed E-state index contributed by atoms with van der Waals surface area (Å²) in [7, 11) is 1.88. The highest BCUT2D eigenvalue weighted by atomic mass is 35.5. The first-order chi connectivity index (χ1) is 13.9. The Balaban J connectivity index is 1.65. The number of allylic oxidation sites excluding steroid dienone is 1. The van der Waals surface area contributed by atoms with Crippen LogP contribution < -0.4 is 14.2 Å². The molecule has 0 unspecified atom stereocenters. The van der Waals surface area contributed by atoms with Crippen molar-refractivity contribution in [3.8, 4) is 28.9 Å². The predicted molar refractivity (Wildman–Crippen MR) is 115 cm³/mol. The lowest BCUT2D eigenvalue weighted by molar-refractivity contribution is 0.423. The van der Waals surface area contributed by atoms with E-state index < -0.39 is 0 Å². The molecular formula is C22H22Cl2N2O3. The minimum absolute atomic E-state index is 0.0971. The average molecular weight is 433 g/mol. The van der Waals surface area contributed by atoms with Crippen molar-refractivity contribution in [1.82, 2.24) is 9.78 Å². The molecule has 0 saturated heterocycles. The maximum Gasteiger partial charge on any atom is 0.220 e. The summed E-state index contributed by atoms with van der Waals surface area (Å²) in [5.41, 5.74) is 2.09. The van der Waals surface area contributed by atoms with Gasteiger partial charge in [0.2, 0.25) is 5.88 Å². The van der Waals surface area contributed by atoms with Crippen LogP contribution in [0.25, 0.3) is 0 Å². The zero-order valence-corrected chi connectivity index (χ0v) is 18.2. The monoisotopic (exact) mass is 432 g/mol. The van der Waals surface area contributed by atoms with Crippen LogP contribution in [0.4, 0.5) is 0 Å². The summed E-state index contributed by atoms with van der Waals surface area (Å²) >= 11 is 11.4. The Morgan fingerprint density at radius 3 is 1.83 bits per heavy atom. The molecule has 1 aromatic heterocycles. The summed E-state index contributed by atoms with van der Waals surface area (Å²) in [6.07, 6.45) is 0.869. The highest BCUT2D eigenvalue weighted by Crippen LogP contribution is 2.30. The maximum atomic E-state index is 6.00. The van der Waals surface area contributed by atoms with Gasteiger partial charge in [0, 0.05) is 12.6 Å².